The van der Waals surface area contributed by atoms with E-state index in [1.807, 2.05) is 0 Å². The third-order valence-corrected chi connectivity index (χ3v) is 2.39. The fourth-order valence-corrected chi connectivity index (χ4v) is 1.51. The quantitative estimate of drug-likeness (QED) is 0.692. The fraction of sp³-hybridized carbons (Fsp3) is 0.462. The Bertz CT molecular complexity index is 397. The Hall–Kier alpha value is -1.62. The molecule has 1 rings (SSSR count). The molecule has 1 aromatic rings. The molecule has 0 atom stereocenters. The summed E-state index contributed by atoms with van der Waals surface area (Å²) in [7, 11) is 0. The van der Waals surface area contributed by atoms with E-state index < -0.39 is 11.7 Å². The lowest BCUT2D eigenvalue weighted by molar-refractivity contribution is -0.118. The minimum Gasteiger partial charge on any atom is -0.490 e. The molecule has 100 valence electrons. The number of amides is 1. The maximum absolute atomic E-state index is 13.6. The molecule has 1 amide bonds. The summed E-state index contributed by atoms with van der Waals surface area (Å²) in [6.07, 6.45) is 1.09. The maximum atomic E-state index is 13.6. The Morgan fingerprint density at radius 1 is 1.50 bits per heavy atom. The van der Waals surface area contributed by atoms with Gasteiger partial charge in [0.25, 0.3) is 0 Å². The molecular weight excluding hydrogens is 235 g/mol. The normalized spacial score (nSPS) is 10.3. The van der Waals surface area contributed by atoms with Gasteiger partial charge in [0.2, 0.25) is 5.91 Å². The predicted octanol–water partition coefficient (Wildman–Crippen LogP) is 1.58. The predicted molar refractivity (Wildman–Crippen MR) is 67.7 cm³/mol. The van der Waals surface area contributed by atoms with Crippen molar-refractivity contribution >= 4 is 5.91 Å². The van der Waals surface area contributed by atoms with Crippen molar-refractivity contribution < 1.29 is 13.9 Å². The molecule has 0 aliphatic heterocycles. The Balaban J connectivity index is 2.64. The number of carbonyl (C=O) groups is 1. The van der Waals surface area contributed by atoms with Crippen molar-refractivity contribution in [2.24, 2.45) is 5.73 Å². The van der Waals surface area contributed by atoms with Crippen LogP contribution in [0.5, 0.6) is 5.75 Å². The van der Waals surface area contributed by atoms with Crippen LogP contribution in [0.1, 0.15) is 25.3 Å². The van der Waals surface area contributed by atoms with E-state index in [1.165, 1.54) is 6.07 Å². The Kier molecular flexibility index (Phi) is 6.14. The van der Waals surface area contributed by atoms with Crippen LogP contribution < -0.4 is 15.8 Å². The first-order valence-corrected chi connectivity index (χ1v) is 6.04. The molecule has 0 aliphatic carbocycles. The van der Waals surface area contributed by atoms with E-state index in [0.29, 0.717) is 6.54 Å². The average Bonchev–Trinajstić information content (AvgIpc) is 2.32. The minimum absolute atomic E-state index is 0.0795. The van der Waals surface area contributed by atoms with Crippen LogP contribution in [0.25, 0.3) is 0 Å². The zero-order chi connectivity index (χ0) is 13.4. The summed E-state index contributed by atoms with van der Waals surface area (Å²) >= 11 is 0. The van der Waals surface area contributed by atoms with Crippen molar-refractivity contribution in [3.63, 3.8) is 0 Å². The van der Waals surface area contributed by atoms with Crippen molar-refractivity contribution in [3.05, 3.63) is 29.6 Å². The van der Waals surface area contributed by atoms with Crippen LogP contribution in [-0.2, 0) is 11.3 Å². The number of nitrogens with two attached hydrogens (primary N) is 1. The number of primary amides is 1. The highest BCUT2D eigenvalue weighted by Crippen LogP contribution is 2.22. The molecule has 0 unspecified atom stereocenters. The van der Waals surface area contributed by atoms with Crippen molar-refractivity contribution in [1.82, 2.24) is 5.32 Å². The molecule has 0 aromatic heterocycles. The van der Waals surface area contributed by atoms with Crippen molar-refractivity contribution in [2.75, 3.05) is 13.2 Å². The molecule has 0 bridgehead atoms. The van der Waals surface area contributed by atoms with Gasteiger partial charge in [0.15, 0.2) is 11.6 Å². The number of nitrogens with one attached hydrogen (secondary N) is 1. The topological polar surface area (TPSA) is 64.3 Å². The lowest BCUT2D eigenvalue weighted by atomic mass is 10.2. The van der Waals surface area contributed by atoms with Crippen LogP contribution in [0.4, 0.5) is 4.39 Å². The smallest absolute Gasteiger partial charge is 0.220 e. The molecule has 0 fully saturated rings. The highest BCUT2D eigenvalue weighted by atomic mass is 19.1. The number of ether oxygens (including phenoxy) is 1. The zero-order valence-electron chi connectivity index (χ0n) is 10.5. The Morgan fingerprint density at radius 2 is 2.28 bits per heavy atom. The largest absolute Gasteiger partial charge is 0.490 e. The summed E-state index contributed by atoms with van der Waals surface area (Å²) in [5.74, 6) is -0.686. The lowest BCUT2D eigenvalue weighted by Gasteiger charge is -2.12. The maximum Gasteiger partial charge on any atom is 0.220 e. The standard InChI is InChI=1S/C13H19FN2O2/c1-2-7-16-9-10-4-3-5-11(14)13(10)18-8-6-12(15)17/h3-5,16H,2,6-9H2,1H3,(H2,15,17). The first kappa shape index (κ1) is 14.4. The van der Waals surface area contributed by atoms with E-state index in [2.05, 4.69) is 12.2 Å². The van der Waals surface area contributed by atoms with Crippen molar-refractivity contribution in [3.8, 4) is 5.75 Å². The van der Waals surface area contributed by atoms with E-state index >= 15 is 0 Å². The number of carbonyl (C=O) groups excluding carboxylic acids is 1. The van der Waals surface area contributed by atoms with E-state index in [0.717, 1.165) is 18.5 Å². The van der Waals surface area contributed by atoms with Gasteiger partial charge in [0.05, 0.1) is 13.0 Å². The van der Waals surface area contributed by atoms with Gasteiger partial charge in [0, 0.05) is 12.1 Å². The van der Waals surface area contributed by atoms with Crippen LogP contribution >= 0.6 is 0 Å². The first-order chi connectivity index (χ1) is 8.65. The van der Waals surface area contributed by atoms with E-state index in [4.69, 9.17) is 10.5 Å². The van der Waals surface area contributed by atoms with Crippen molar-refractivity contribution in [1.29, 1.82) is 0 Å². The van der Waals surface area contributed by atoms with Crippen LogP contribution in [0, 0.1) is 5.82 Å². The van der Waals surface area contributed by atoms with E-state index in [-0.39, 0.29) is 18.8 Å². The van der Waals surface area contributed by atoms with Gasteiger partial charge in [-0.15, -0.1) is 0 Å². The fourth-order valence-electron chi connectivity index (χ4n) is 1.51. The summed E-state index contributed by atoms with van der Waals surface area (Å²) in [6.45, 7) is 3.55. The van der Waals surface area contributed by atoms with E-state index in [1.54, 1.807) is 12.1 Å². The molecule has 18 heavy (non-hydrogen) atoms. The monoisotopic (exact) mass is 254 g/mol. The van der Waals surface area contributed by atoms with Crippen LogP contribution in [0.2, 0.25) is 0 Å². The highest BCUT2D eigenvalue weighted by molar-refractivity contribution is 5.73. The Labute approximate surface area is 106 Å². The molecule has 0 spiro atoms. The second-order valence-corrected chi connectivity index (χ2v) is 3.97. The zero-order valence-corrected chi connectivity index (χ0v) is 10.5. The molecule has 3 N–H and O–H groups in total. The summed E-state index contributed by atoms with van der Waals surface area (Å²) in [5.41, 5.74) is 5.75. The molecule has 0 aliphatic rings. The van der Waals surface area contributed by atoms with Crippen molar-refractivity contribution in [2.45, 2.75) is 26.3 Å². The van der Waals surface area contributed by atoms with Gasteiger partial charge in [-0.05, 0) is 19.0 Å². The molecule has 5 heteroatoms. The summed E-state index contributed by atoms with van der Waals surface area (Å²) < 4.78 is 18.9. The molecule has 0 saturated heterocycles. The SMILES string of the molecule is CCCNCc1cccc(F)c1OCCC(N)=O. The van der Waals surface area contributed by atoms with Gasteiger partial charge in [-0.3, -0.25) is 4.79 Å². The number of rotatable bonds is 8. The van der Waals surface area contributed by atoms with Crippen LogP contribution in [0.3, 0.4) is 0 Å². The molecular formula is C13H19FN2O2. The molecule has 0 saturated carbocycles. The lowest BCUT2D eigenvalue weighted by Crippen LogP contribution is -2.17. The summed E-state index contributed by atoms with van der Waals surface area (Å²) in [5, 5.41) is 3.18. The number of hydrogen-bond acceptors (Lipinski definition) is 3. The van der Waals surface area contributed by atoms with Crippen LogP contribution in [-0.4, -0.2) is 19.1 Å². The first-order valence-electron chi connectivity index (χ1n) is 6.04. The van der Waals surface area contributed by atoms with Gasteiger partial charge in [-0.1, -0.05) is 19.1 Å². The third kappa shape index (κ3) is 4.71. The molecule has 0 heterocycles. The van der Waals surface area contributed by atoms with Crippen LogP contribution in [0.15, 0.2) is 18.2 Å². The van der Waals surface area contributed by atoms with Gasteiger partial charge in [-0.25, -0.2) is 4.39 Å². The third-order valence-electron chi connectivity index (χ3n) is 2.39. The molecule has 1 aromatic carbocycles. The van der Waals surface area contributed by atoms with Gasteiger partial charge < -0.3 is 15.8 Å². The summed E-state index contributed by atoms with van der Waals surface area (Å²) in [4.78, 5) is 10.6. The number of hydrogen-bond donors (Lipinski definition) is 2. The summed E-state index contributed by atoms with van der Waals surface area (Å²) in [6, 6.07) is 4.77. The second-order valence-electron chi connectivity index (χ2n) is 3.97. The number of halogens is 1. The average molecular weight is 254 g/mol. The van der Waals surface area contributed by atoms with Gasteiger partial charge in [-0.2, -0.15) is 0 Å². The number of para-hydroxylation sites is 1. The highest BCUT2D eigenvalue weighted by Gasteiger charge is 2.09. The second kappa shape index (κ2) is 7.66. The molecule has 0 radical (unpaired) electrons. The minimum atomic E-state index is -0.461. The van der Waals surface area contributed by atoms with E-state index in [9.17, 15) is 9.18 Å². The number of benzene rings is 1. The van der Waals surface area contributed by atoms with Gasteiger partial charge >= 0.3 is 0 Å². The Morgan fingerprint density at radius 3 is 2.94 bits per heavy atom. The molecule has 4 nitrogen and oxygen atoms in total. The van der Waals surface area contributed by atoms with Gasteiger partial charge in [0.1, 0.15) is 0 Å².